The molecule has 3 heteroatoms. The van der Waals surface area contributed by atoms with Crippen LogP contribution in [0.5, 0.6) is 0 Å². The molecule has 0 aliphatic carbocycles. The largest absolute Gasteiger partial charge is 0.372 e. The highest BCUT2D eigenvalue weighted by atomic mass is 35.5. The maximum Gasteiger partial charge on any atom is 0.0954 e. The lowest BCUT2D eigenvalue weighted by atomic mass is 9.97. The monoisotopic (exact) mass is 267 g/mol. The van der Waals surface area contributed by atoms with Gasteiger partial charge in [-0.2, -0.15) is 0 Å². The van der Waals surface area contributed by atoms with Gasteiger partial charge in [-0.05, 0) is 31.4 Å². The predicted molar refractivity (Wildman–Crippen MR) is 76.3 cm³/mol. The third-order valence-corrected chi connectivity index (χ3v) is 3.76. The van der Waals surface area contributed by atoms with E-state index in [-0.39, 0.29) is 6.10 Å². The van der Waals surface area contributed by atoms with Gasteiger partial charge in [0.05, 0.1) is 12.7 Å². The summed E-state index contributed by atoms with van der Waals surface area (Å²) in [5, 5.41) is 0. The van der Waals surface area contributed by atoms with Crippen molar-refractivity contribution in [2.45, 2.75) is 32.4 Å². The molecule has 0 aromatic heterocycles. The van der Waals surface area contributed by atoms with Crippen LogP contribution < -0.4 is 0 Å². The molecule has 0 saturated heterocycles. The van der Waals surface area contributed by atoms with Gasteiger partial charge in [-0.1, -0.05) is 24.3 Å². The lowest BCUT2D eigenvalue weighted by Gasteiger charge is -2.33. The lowest BCUT2D eigenvalue weighted by molar-refractivity contribution is 0.0107. The normalized spacial score (nSPS) is 19.3. The number of nitrogens with zero attached hydrogens (tertiary/aromatic N) is 1. The molecule has 1 aliphatic heterocycles. The predicted octanol–water partition coefficient (Wildman–Crippen LogP) is 3.25. The Labute approximate surface area is 115 Å². The number of hydrogen-bond acceptors (Lipinski definition) is 2. The lowest BCUT2D eigenvalue weighted by Crippen LogP contribution is -2.38. The summed E-state index contributed by atoms with van der Waals surface area (Å²) in [6.45, 7) is 7.10. The Bertz CT molecular complexity index is 381. The molecule has 1 aromatic carbocycles. The average Bonchev–Trinajstić information content (AvgIpc) is 2.38. The highest BCUT2D eigenvalue weighted by molar-refractivity contribution is 6.18. The Kier molecular flexibility index (Phi) is 5.04. The molecule has 1 aliphatic rings. The van der Waals surface area contributed by atoms with Gasteiger partial charge in [0.1, 0.15) is 0 Å². The summed E-state index contributed by atoms with van der Waals surface area (Å²) in [5.74, 6) is 0.673. The smallest absolute Gasteiger partial charge is 0.0954 e. The van der Waals surface area contributed by atoms with Crippen LogP contribution in [0.25, 0.3) is 0 Å². The molecule has 1 heterocycles. The molecule has 0 N–H and O–H groups in total. The quantitative estimate of drug-likeness (QED) is 0.760. The summed E-state index contributed by atoms with van der Waals surface area (Å²) >= 11 is 5.88. The first kappa shape index (κ1) is 13.9. The van der Waals surface area contributed by atoms with Crippen molar-refractivity contribution in [3.8, 4) is 0 Å². The molecule has 1 atom stereocenters. The van der Waals surface area contributed by atoms with E-state index in [1.165, 1.54) is 11.1 Å². The number of alkyl halides is 1. The second kappa shape index (κ2) is 6.55. The van der Waals surface area contributed by atoms with E-state index < -0.39 is 0 Å². The van der Waals surface area contributed by atoms with Crippen LogP contribution in [0.4, 0.5) is 0 Å². The first-order valence-corrected chi connectivity index (χ1v) is 7.25. The van der Waals surface area contributed by atoms with E-state index in [0.29, 0.717) is 11.9 Å². The Hall–Kier alpha value is -0.570. The van der Waals surface area contributed by atoms with Crippen LogP contribution in [0.3, 0.4) is 0 Å². The van der Waals surface area contributed by atoms with E-state index in [4.69, 9.17) is 16.3 Å². The molecule has 0 radical (unpaired) electrons. The number of ether oxygens (including phenoxy) is 1. The van der Waals surface area contributed by atoms with Crippen molar-refractivity contribution in [1.29, 1.82) is 0 Å². The van der Waals surface area contributed by atoms with E-state index in [0.717, 1.165) is 26.1 Å². The summed E-state index contributed by atoms with van der Waals surface area (Å²) in [5.41, 5.74) is 2.78. The first-order valence-electron chi connectivity index (χ1n) is 6.71. The van der Waals surface area contributed by atoms with Crippen molar-refractivity contribution in [1.82, 2.24) is 4.90 Å². The van der Waals surface area contributed by atoms with Gasteiger partial charge in [0, 0.05) is 25.0 Å². The van der Waals surface area contributed by atoms with Crippen molar-refractivity contribution in [2.75, 3.05) is 25.6 Å². The zero-order valence-corrected chi connectivity index (χ0v) is 12.0. The molecular weight excluding hydrogens is 246 g/mol. The minimum absolute atomic E-state index is 0.195. The molecule has 1 aromatic rings. The van der Waals surface area contributed by atoms with Gasteiger partial charge in [0.15, 0.2) is 0 Å². The summed E-state index contributed by atoms with van der Waals surface area (Å²) in [6, 6.07) is 9.12. The molecular formula is C15H22ClNO. The van der Waals surface area contributed by atoms with E-state index in [1.54, 1.807) is 0 Å². The summed E-state index contributed by atoms with van der Waals surface area (Å²) in [7, 11) is 0. The Balaban J connectivity index is 2.10. The second-order valence-corrected chi connectivity index (χ2v) is 5.46. The highest BCUT2D eigenvalue weighted by Crippen LogP contribution is 2.28. The number of halogens is 1. The fourth-order valence-corrected chi connectivity index (χ4v) is 2.73. The van der Waals surface area contributed by atoms with Gasteiger partial charge >= 0.3 is 0 Å². The van der Waals surface area contributed by atoms with Crippen LogP contribution in [0, 0.1) is 0 Å². The summed E-state index contributed by atoms with van der Waals surface area (Å²) < 4.78 is 5.95. The van der Waals surface area contributed by atoms with E-state index in [2.05, 4.69) is 43.0 Å². The molecule has 1 unspecified atom stereocenters. The van der Waals surface area contributed by atoms with Gasteiger partial charge in [0.25, 0.3) is 0 Å². The van der Waals surface area contributed by atoms with Crippen molar-refractivity contribution < 1.29 is 4.74 Å². The van der Waals surface area contributed by atoms with Crippen LogP contribution in [0.2, 0.25) is 0 Å². The second-order valence-electron chi connectivity index (χ2n) is 5.09. The first-order chi connectivity index (χ1) is 8.72. The highest BCUT2D eigenvalue weighted by Gasteiger charge is 2.23. The van der Waals surface area contributed by atoms with Crippen LogP contribution in [-0.4, -0.2) is 36.5 Å². The van der Waals surface area contributed by atoms with Gasteiger partial charge in [-0.25, -0.2) is 0 Å². The topological polar surface area (TPSA) is 12.5 Å². The molecule has 0 saturated carbocycles. The number of rotatable bonds is 5. The van der Waals surface area contributed by atoms with Crippen LogP contribution in [0.1, 0.15) is 31.1 Å². The van der Waals surface area contributed by atoms with Gasteiger partial charge < -0.3 is 4.74 Å². The molecule has 0 spiro atoms. The molecule has 0 fully saturated rings. The van der Waals surface area contributed by atoms with Crippen molar-refractivity contribution in [2.24, 2.45) is 0 Å². The number of benzene rings is 1. The third kappa shape index (κ3) is 3.25. The van der Waals surface area contributed by atoms with E-state index >= 15 is 0 Å². The van der Waals surface area contributed by atoms with Crippen molar-refractivity contribution in [3.05, 3.63) is 35.4 Å². The minimum Gasteiger partial charge on any atom is -0.372 e. The summed E-state index contributed by atoms with van der Waals surface area (Å²) in [4.78, 5) is 2.39. The Morgan fingerprint density at radius 2 is 2.17 bits per heavy atom. The zero-order valence-electron chi connectivity index (χ0n) is 11.2. The molecule has 0 bridgehead atoms. The minimum atomic E-state index is 0.195. The van der Waals surface area contributed by atoms with Crippen LogP contribution in [0.15, 0.2) is 24.3 Å². The maximum atomic E-state index is 5.95. The molecule has 100 valence electrons. The molecule has 2 rings (SSSR count). The average molecular weight is 268 g/mol. The number of fused-ring (bicyclic) bond motifs is 1. The van der Waals surface area contributed by atoms with Gasteiger partial charge in [-0.3, -0.25) is 4.90 Å². The molecule has 0 amide bonds. The molecule has 18 heavy (non-hydrogen) atoms. The fraction of sp³-hybridized carbons (Fsp3) is 0.600. The van der Waals surface area contributed by atoms with Crippen LogP contribution in [-0.2, 0) is 11.2 Å². The maximum absolute atomic E-state index is 5.95. The van der Waals surface area contributed by atoms with E-state index in [9.17, 15) is 0 Å². The van der Waals surface area contributed by atoms with Crippen molar-refractivity contribution in [3.63, 3.8) is 0 Å². The Morgan fingerprint density at radius 1 is 1.39 bits per heavy atom. The summed E-state index contributed by atoms with van der Waals surface area (Å²) in [6.07, 6.45) is 1.23. The van der Waals surface area contributed by atoms with E-state index in [1.807, 2.05) is 0 Å². The fourth-order valence-electron chi connectivity index (χ4n) is 2.51. The third-order valence-electron chi connectivity index (χ3n) is 3.59. The van der Waals surface area contributed by atoms with Crippen LogP contribution >= 0.6 is 11.6 Å². The Morgan fingerprint density at radius 3 is 2.89 bits per heavy atom. The SMILES string of the molecule is CC(C)N(CCCl)CC1OCCc2ccccc21. The van der Waals surface area contributed by atoms with Gasteiger partial charge in [0.2, 0.25) is 0 Å². The molecule has 2 nitrogen and oxygen atoms in total. The number of hydrogen-bond donors (Lipinski definition) is 0. The zero-order chi connectivity index (χ0) is 13.0. The van der Waals surface area contributed by atoms with Crippen molar-refractivity contribution >= 4 is 11.6 Å². The standard InChI is InChI=1S/C15H22ClNO/c1-12(2)17(9-8-16)11-15-14-6-4-3-5-13(14)7-10-18-15/h3-6,12,15H,7-11H2,1-2H3. The van der Waals surface area contributed by atoms with Gasteiger partial charge in [-0.15, -0.1) is 11.6 Å².